The Labute approximate surface area is 149 Å². The van der Waals surface area contributed by atoms with E-state index in [2.05, 4.69) is 26.1 Å². The molecule has 0 saturated carbocycles. The van der Waals surface area contributed by atoms with Gasteiger partial charge in [0.2, 0.25) is 5.91 Å². The second kappa shape index (κ2) is 8.28. The number of carbonyl (C=O) groups is 1. The highest BCUT2D eigenvalue weighted by molar-refractivity contribution is 5.76. The molecule has 2 aromatic rings. The molecule has 0 aromatic heterocycles. The lowest BCUT2D eigenvalue weighted by Gasteiger charge is -2.20. The van der Waals surface area contributed by atoms with Crippen LogP contribution in [0.25, 0.3) is 0 Å². The number of rotatable bonds is 6. The molecule has 0 fully saturated rings. The van der Waals surface area contributed by atoms with E-state index in [4.69, 9.17) is 0 Å². The number of hydrogen-bond donors (Lipinski definition) is 3. The Kier molecular flexibility index (Phi) is 6.34. The lowest BCUT2D eigenvalue weighted by atomic mass is 9.86. The average molecular weight is 341 g/mol. The van der Waals surface area contributed by atoms with Crippen molar-refractivity contribution in [3.63, 3.8) is 0 Å². The van der Waals surface area contributed by atoms with Crippen LogP contribution in [0.3, 0.4) is 0 Å². The Morgan fingerprint density at radius 2 is 1.48 bits per heavy atom. The Hall–Kier alpha value is -2.17. The molecule has 0 aliphatic carbocycles. The summed E-state index contributed by atoms with van der Waals surface area (Å²) in [6.07, 6.45) is -1.64. The fourth-order valence-corrected chi connectivity index (χ4v) is 2.57. The third kappa shape index (κ3) is 5.69. The predicted octanol–water partition coefficient (Wildman–Crippen LogP) is 3.26. The molecule has 25 heavy (non-hydrogen) atoms. The zero-order chi connectivity index (χ0) is 18.4. The van der Waals surface area contributed by atoms with Gasteiger partial charge in [0.15, 0.2) is 0 Å². The summed E-state index contributed by atoms with van der Waals surface area (Å²) in [5, 5.41) is 23.0. The number of aliphatic hydroxyl groups is 2. The third-order valence-electron chi connectivity index (χ3n) is 4.22. The molecule has 2 aromatic carbocycles. The van der Waals surface area contributed by atoms with Crippen molar-refractivity contribution in [1.82, 2.24) is 5.32 Å². The quantitative estimate of drug-likeness (QED) is 0.755. The molecule has 1 amide bonds. The van der Waals surface area contributed by atoms with Gasteiger partial charge in [0.05, 0.1) is 18.6 Å². The van der Waals surface area contributed by atoms with E-state index >= 15 is 0 Å². The van der Waals surface area contributed by atoms with Gasteiger partial charge in [-0.1, -0.05) is 75.4 Å². The van der Waals surface area contributed by atoms with Crippen LogP contribution in [0.2, 0.25) is 0 Å². The van der Waals surface area contributed by atoms with Crippen LogP contribution >= 0.6 is 0 Å². The third-order valence-corrected chi connectivity index (χ3v) is 4.22. The summed E-state index contributed by atoms with van der Waals surface area (Å²) in [5.41, 5.74) is 2.72. The zero-order valence-corrected chi connectivity index (χ0v) is 15.1. The first-order chi connectivity index (χ1) is 11.8. The van der Waals surface area contributed by atoms with Gasteiger partial charge in [-0.05, 0) is 22.1 Å². The Morgan fingerprint density at radius 1 is 0.920 bits per heavy atom. The van der Waals surface area contributed by atoms with Gasteiger partial charge in [0.25, 0.3) is 0 Å². The molecule has 0 heterocycles. The highest BCUT2D eigenvalue weighted by atomic mass is 16.3. The minimum absolute atomic E-state index is 0.0281. The summed E-state index contributed by atoms with van der Waals surface area (Å²) in [7, 11) is 0. The first kappa shape index (κ1) is 19.2. The maximum Gasteiger partial charge on any atom is 0.223 e. The molecule has 2 unspecified atom stereocenters. The first-order valence-electron chi connectivity index (χ1n) is 8.55. The van der Waals surface area contributed by atoms with Crippen molar-refractivity contribution >= 4 is 5.91 Å². The number of nitrogens with one attached hydrogen (secondary N) is 1. The molecule has 0 spiro atoms. The van der Waals surface area contributed by atoms with Crippen LogP contribution in [0, 0.1) is 0 Å². The normalized spacial score (nSPS) is 14.0. The van der Waals surface area contributed by atoms with Crippen molar-refractivity contribution in [3.05, 3.63) is 71.3 Å². The van der Waals surface area contributed by atoms with E-state index in [0.29, 0.717) is 5.56 Å². The number of amides is 1. The molecule has 0 aliphatic rings. The van der Waals surface area contributed by atoms with E-state index in [-0.39, 0.29) is 24.3 Å². The summed E-state index contributed by atoms with van der Waals surface area (Å²) >= 11 is 0. The van der Waals surface area contributed by atoms with Gasteiger partial charge >= 0.3 is 0 Å². The van der Waals surface area contributed by atoms with Crippen molar-refractivity contribution < 1.29 is 15.0 Å². The topological polar surface area (TPSA) is 69.6 Å². The van der Waals surface area contributed by atoms with E-state index in [1.165, 1.54) is 5.56 Å². The summed E-state index contributed by atoms with van der Waals surface area (Å²) < 4.78 is 0. The monoisotopic (exact) mass is 341 g/mol. The molecule has 2 atom stereocenters. The number of benzene rings is 2. The van der Waals surface area contributed by atoms with Gasteiger partial charge in [-0.2, -0.15) is 0 Å². The summed E-state index contributed by atoms with van der Waals surface area (Å²) in [6.45, 7) is 6.53. The summed E-state index contributed by atoms with van der Waals surface area (Å²) in [5.74, 6) is -0.290. The van der Waals surface area contributed by atoms with Gasteiger partial charge in [-0.3, -0.25) is 4.79 Å². The molecule has 0 aliphatic heterocycles. The number of carbonyl (C=O) groups excluding carboxylic acids is 1. The standard InChI is InChI=1S/C21H27NO3/c1-21(2,3)17-11-9-16(10-12-17)19(24)14-22-20(25)13-18(23)15-7-5-4-6-8-15/h4-12,18-19,23-24H,13-14H2,1-3H3,(H,22,25). The minimum atomic E-state index is -0.843. The maximum absolute atomic E-state index is 12.0. The fourth-order valence-electron chi connectivity index (χ4n) is 2.57. The molecule has 0 bridgehead atoms. The van der Waals surface area contributed by atoms with Crippen LogP contribution in [0.1, 0.15) is 56.1 Å². The van der Waals surface area contributed by atoms with Crippen LogP contribution in [-0.4, -0.2) is 22.7 Å². The van der Waals surface area contributed by atoms with Crippen LogP contribution in [-0.2, 0) is 10.2 Å². The van der Waals surface area contributed by atoms with E-state index in [9.17, 15) is 15.0 Å². The van der Waals surface area contributed by atoms with Crippen molar-refractivity contribution in [3.8, 4) is 0 Å². The SMILES string of the molecule is CC(C)(C)c1ccc(C(O)CNC(=O)CC(O)c2ccccc2)cc1. The molecular weight excluding hydrogens is 314 g/mol. The van der Waals surface area contributed by atoms with Gasteiger partial charge in [-0.15, -0.1) is 0 Å². The van der Waals surface area contributed by atoms with E-state index < -0.39 is 12.2 Å². The first-order valence-corrected chi connectivity index (χ1v) is 8.55. The highest BCUT2D eigenvalue weighted by Gasteiger charge is 2.16. The second-order valence-electron chi connectivity index (χ2n) is 7.32. The zero-order valence-electron chi connectivity index (χ0n) is 15.1. The molecule has 134 valence electrons. The van der Waals surface area contributed by atoms with Crippen molar-refractivity contribution in [2.45, 2.75) is 44.8 Å². The predicted molar refractivity (Wildman–Crippen MR) is 99.1 cm³/mol. The summed E-state index contributed by atoms with van der Waals surface area (Å²) in [4.78, 5) is 12.0. The molecule has 0 radical (unpaired) electrons. The second-order valence-corrected chi connectivity index (χ2v) is 7.32. The van der Waals surface area contributed by atoms with Crippen molar-refractivity contribution in [1.29, 1.82) is 0 Å². The fraction of sp³-hybridized carbons (Fsp3) is 0.381. The van der Waals surface area contributed by atoms with Crippen molar-refractivity contribution in [2.75, 3.05) is 6.54 Å². The molecule has 2 rings (SSSR count). The number of hydrogen-bond acceptors (Lipinski definition) is 3. The van der Waals surface area contributed by atoms with Crippen LogP contribution in [0.5, 0.6) is 0 Å². The van der Waals surface area contributed by atoms with Crippen LogP contribution < -0.4 is 5.32 Å². The van der Waals surface area contributed by atoms with E-state index in [1.54, 1.807) is 12.1 Å². The number of aliphatic hydroxyl groups excluding tert-OH is 2. The van der Waals surface area contributed by atoms with Crippen LogP contribution in [0.4, 0.5) is 0 Å². The maximum atomic E-state index is 12.0. The van der Waals surface area contributed by atoms with E-state index in [1.807, 2.05) is 42.5 Å². The molecule has 0 saturated heterocycles. The summed E-state index contributed by atoms with van der Waals surface area (Å²) in [6, 6.07) is 16.8. The lowest BCUT2D eigenvalue weighted by Crippen LogP contribution is -2.29. The van der Waals surface area contributed by atoms with Crippen LogP contribution in [0.15, 0.2) is 54.6 Å². The Balaban J connectivity index is 1.85. The smallest absolute Gasteiger partial charge is 0.223 e. The molecule has 4 nitrogen and oxygen atoms in total. The van der Waals surface area contributed by atoms with Crippen molar-refractivity contribution in [2.24, 2.45) is 0 Å². The van der Waals surface area contributed by atoms with Gasteiger partial charge in [-0.25, -0.2) is 0 Å². The Bertz CT molecular complexity index is 675. The minimum Gasteiger partial charge on any atom is -0.388 e. The average Bonchev–Trinajstić information content (AvgIpc) is 2.59. The van der Waals surface area contributed by atoms with Gasteiger partial charge in [0, 0.05) is 6.54 Å². The van der Waals surface area contributed by atoms with Gasteiger partial charge in [0.1, 0.15) is 0 Å². The van der Waals surface area contributed by atoms with E-state index in [0.717, 1.165) is 5.56 Å². The van der Waals surface area contributed by atoms with Gasteiger partial charge < -0.3 is 15.5 Å². The molecule has 3 N–H and O–H groups in total. The lowest BCUT2D eigenvalue weighted by molar-refractivity contribution is -0.123. The highest BCUT2D eigenvalue weighted by Crippen LogP contribution is 2.24. The molecule has 4 heteroatoms. The Morgan fingerprint density at radius 3 is 2.04 bits per heavy atom. The molecular formula is C21H27NO3. The largest absolute Gasteiger partial charge is 0.388 e.